The number of fused-ring (bicyclic) bond motifs is 1. The molecule has 0 fully saturated rings. The third-order valence-electron chi connectivity index (χ3n) is 4.37. The smallest absolute Gasteiger partial charge is 0.255 e. The molecule has 4 rings (SSSR count). The SMILES string of the molecule is COc1ccccc1C(=O)NCc1cc(-c2ccc3ccccc3c2)on1. The molecule has 0 bridgehead atoms. The molecule has 0 radical (unpaired) electrons. The van der Waals surface area contributed by atoms with Gasteiger partial charge in [-0.3, -0.25) is 4.79 Å². The molecule has 1 amide bonds. The summed E-state index contributed by atoms with van der Waals surface area (Å²) in [6.45, 7) is 0.272. The molecule has 5 heteroatoms. The van der Waals surface area contributed by atoms with Crippen LogP contribution >= 0.6 is 0 Å². The third-order valence-corrected chi connectivity index (χ3v) is 4.37. The summed E-state index contributed by atoms with van der Waals surface area (Å²) in [5.41, 5.74) is 2.09. The molecule has 0 aliphatic heterocycles. The largest absolute Gasteiger partial charge is 0.496 e. The minimum absolute atomic E-state index is 0.220. The van der Waals surface area contributed by atoms with Crippen LogP contribution in [-0.2, 0) is 6.54 Å². The number of nitrogens with one attached hydrogen (secondary N) is 1. The predicted molar refractivity (Wildman–Crippen MR) is 104 cm³/mol. The topological polar surface area (TPSA) is 64.4 Å². The summed E-state index contributed by atoms with van der Waals surface area (Å²) < 4.78 is 10.7. The first-order chi connectivity index (χ1) is 13.2. The average molecular weight is 358 g/mol. The van der Waals surface area contributed by atoms with E-state index in [2.05, 4.69) is 34.7 Å². The summed E-state index contributed by atoms with van der Waals surface area (Å²) in [7, 11) is 1.54. The minimum atomic E-state index is -0.220. The molecule has 0 saturated carbocycles. The number of hydrogen-bond donors (Lipinski definition) is 1. The third kappa shape index (κ3) is 3.53. The number of ether oxygens (including phenoxy) is 1. The van der Waals surface area contributed by atoms with E-state index < -0.39 is 0 Å². The highest BCUT2D eigenvalue weighted by Crippen LogP contribution is 2.25. The molecule has 0 saturated heterocycles. The molecule has 0 aliphatic carbocycles. The Kier molecular flexibility index (Phi) is 4.58. The number of para-hydroxylation sites is 1. The summed E-state index contributed by atoms with van der Waals surface area (Å²) in [5, 5.41) is 9.21. The molecule has 27 heavy (non-hydrogen) atoms. The van der Waals surface area contributed by atoms with Crippen molar-refractivity contribution >= 4 is 16.7 Å². The van der Waals surface area contributed by atoms with Crippen LogP contribution in [0.3, 0.4) is 0 Å². The average Bonchev–Trinajstić information content (AvgIpc) is 3.20. The van der Waals surface area contributed by atoms with Crippen LogP contribution in [0.1, 0.15) is 16.1 Å². The van der Waals surface area contributed by atoms with Crippen LogP contribution in [0.5, 0.6) is 5.75 Å². The van der Waals surface area contributed by atoms with Crippen LogP contribution in [0.2, 0.25) is 0 Å². The fraction of sp³-hybridized carbons (Fsp3) is 0.0909. The molecular weight excluding hydrogens is 340 g/mol. The van der Waals surface area contributed by atoms with Crippen molar-refractivity contribution in [2.45, 2.75) is 6.54 Å². The van der Waals surface area contributed by atoms with Gasteiger partial charge in [-0.05, 0) is 29.0 Å². The van der Waals surface area contributed by atoms with E-state index in [4.69, 9.17) is 9.26 Å². The van der Waals surface area contributed by atoms with Gasteiger partial charge in [-0.15, -0.1) is 0 Å². The van der Waals surface area contributed by atoms with Gasteiger partial charge in [0, 0.05) is 11.6 Å². The van der Waals surface area contributed by atoms with Gasteiger partial charge >= 0.3 is 0 Å². The number of aromatic nitrogens is 1. The van der Waals surface area contributed by atoms with Crippen LogP contribution in [0.25, 0.3) is 22.1 Å². The molecule has 0 unspecified atom stereocenters. The Hall–Kier alpha value is -3.60. The number of hydrogen-bond acceptors (Lipinski definition) is 4. The molecule has 3 aromatic carbocycles. The van der Waals surface area contributed by atoms with E-state index in [9.17, 15) is 4.79 Å². The monoisotopic (exact) mass is 358 g/mol. The normalized spacial score (nSPS) is 10.7. The Labute approximate surface area is 156 Å². The highest BCUT2D eigenvalue weighted by Gasteiger charge is 2.13. The molecule has 5 nitrogen and oxygen atoms in total. The van der Waals surface area contributed by atoms with E-state index in [0.29, 0.717) is 22.8 Å². The summed E-state index contributed by atoms with van der Waals surface area (Å²) in [5.74, 6) is 0.983. The number of amides is 1. The zero-order chi connectivity index (χ0) is 18.6. The van der Waals surface area contributed by atoms with Gasteiger partial charge in [0.25, 0.3) is 5.91 Å². The van der Waals surface area contributed by atoms with E-state index in [1.807, 2.05) is 30.3 Å². The van der Waals surface area contributed by atoms with Gasteiger partial charge in [-0.1, -0.05) is 53.7 Å². The van der Waals surface area contributed by atoms with Crippen molar-refractivity contribution in [1.29, 1.82) is 0 Å². The van der Waals surface area contributed by atoms with E-state index in [0.717, 1.165) is 10.9 Å². The van der Waals surface area contributed by atoms with E-state index in [-0.39, 0.29) is 12.5 Å². The van der Waals surface area contributed by atoms with Gasteiger partial charge in [-0.25, -0.2) is 0 Å². The van der Waals surface area contributed by atoms with Crippen molar-refractivity contribution in [2.24, 2.45) is 0 Å². The number of nitrogens with zero attached hydrogens (tertiary/aromatic N) is 1. The van der Waals surface area contributed by atoms with Gasteiger partial charge in [0.05, 0.1) is 19.2 Å². The second-order valence-electron chi connectivity index (χ2n) is 6.13. The Morgan fingerprint density at radius 3 is 2.63 bits per heavy atom. The van der Waals surface area contributed by atoms with Gasteiger partial charge in [0.15, 0.2) is 5.76 Å². The zero-order valence-corrected chi connectivity index (χ0v) is 14.8. The van der Waals surface area contributed by atoms with Crippen molar-refractivity contribution in [3.63, 3.8) is 0 Å². The van der Waals surface area contributed by atoms with E-state index in [1.165, 1.54) is 5.39 Å². The Morgan fingerprint density at radius 1 is 1.00 bits per heavy atom. The lowest BCUT2D eigenvalue weighted by atomic mass is 10.1. The summed E-state index contributed by atoms with van der Waals surface area (Å²) in [4.78, 5) is 12.4. The van der Waals surface area contributed by atoms with Crippen molar-refractivity contribution in [1.82, 2.24) is 10.5 Å². The highest BCUT2D eigenvalue weighted by atomic mass is 16.5. The fourth-order valence-electron chi connectivity index (χ4n) is 2.97. The van der Waals surface area contributed by atoms with Crippen LogP contribution in [0.4, 0.5) is 0 Å². The maximum Gasteiger partial charge on any atom is 0.255 e. The van der Waals surface area contributed by atoms with Crippen molar-refractivity contribution in [3.8, 4) is 17.1 Å². The quantitative estimate of drug-likeness (QED) is 0.573. The molecule has 1 N–H and O–H groups in total. The lowest BCUT2D eigenvalue weighted by molar-refractivity contribution is 0.0947. The first-order valence-electron chi connectivity index (χ1n) is 8.60. The number of methoxy groups -OCH3 is 1. The van der Waals surface area contributed by atoms with Crippen LogP contribution in [0, 0.1) is 0 Å². The van der Waals surface area contributed by atoms with Gasteiger partial charge in [0.1, 0.15) is 11.4 Å². The van der Waals surface area contributed by atoms with Crippen LogP contribution in [-0.4, -0.2) is 18.2 Å². The first kappa shape index (κ1) is 16.8. The zero-order valence-electron chi connectivity index (χ0n) is 14.8. The van der Waals surface area contributed by atoms with Gasteiger partial charge < -0.3 is 14.6 Å². The van der Waals surface area contributed by atoms with Crippen molar-refractivity contribution in [3.05, 3.63) is 84.1 Å². The number of carbonyl (C=O) groups excluding carboxylic acids is 1. The number of carbonyl (C=O) groups is 1. The summed E-state index contributed by atoms with van der Waals surface area (Å²) >= 11 is 0. The molecule has 0 atom stereocenters. The maximum absolute atomic E-state index is 12.4. The van der Waals surface area contributed by atoms with E-state index >= 15 is 0 Å². The predicted octanol–water partition coefficient (Wildman–Crippen LogP) is 4.43. The molecule has 0 spiro atoms. The van der Waals surface area contributed by atoms with Gasteiger partial charge in [0.2, 0.25) is 0 Å². The fourth-order valence-corrected chi connectivity index (χ4v) is 2.97. The Balaban J connectivity index is 1.48. The number of benzene rings is 3. The van der Waals surface area contributed by atoms with Crippen molar-refractivity contribution < 1.29 is 14.1 Å². The molecule has 1 aromatic heterocycles. The van der Waals surface area contributed by atoms with Gasteiger partial charge in [-0.2, -0.15) is 0 Å². The molecule has 0 aliphatic rings. The van der Waals surface area contributed by atoms with Crippen LogP contribution in [0.15, 0.2) is 77.3 Å². The first-order valence-corrected chi connectivity index (χ1v) is 8.60. The highest BCUT2D eigenvalue weighted by molar-refractivity contribution is 5.96. The maximum atomic E-state index is 12.4. The molecule has 134 valence electrons. The second-order valence-corrected chi connectivity index (χ2v) is 6.13. The lowest BCUT2D eigenvalue weighted by Crippen LogP contribution is -2.23. The number of rotatable bonds is 5. The van der Waals surface area contributed by atoms with E-state index in [1.54, 1.807) is 25.3 Å². The molecular formula is C22H18N2O3. The van der Waals surface area contributed by atoms with Crippen LogP contribution < -0.4 is 10.1 Å². The van der Waals surface area contributed by atoms with Crippen molar-refractivity contribution in [2.75, 3.05) is 7.11 Å². The summed E-state index contributed by atoms with van der Waals surface area (Å²) in [6.07, 6.45) is 0. The second kappa shape index (κ2) is 7.33. The Bertz CT molecular complexity index is 1100. The minimum Gasteiger partial charge on any atom is -0.496 e. The standard InChI is InChI=1S/C22H18N2O3/c1-26-20-9-5-4-8-19(20)22(25)23-14-18-13-21(27-24-18)17-11-10-15-6-2-3-7-16(15)12-17/h2-13H,14H2,1H3,(H,23,25). The molecule has 1 heterocycles. The molecule has 4 aromatic rings. The lowest BCUT2D eigenvalue weighted by Gasteiger charge is -2.07. The summed E-state index contributed by atoms with van der Waals surface area (Å²) in [6, 6.07) is 23.2. The Morgan fingerprint density at radius 2 is 1.78 bits per heavy atom.